The van der Waals surface area contributed by atoms with E-state index in [4.69, 9.17) is 18.9 Å². The molecule has 0 bridgehead atoms. The lowest BCUT2D eigenvalue weighted by Gasteiger charge is -2.32. The normalized spacial score (nSPS) is 16.1. The number of fused-ring (bicyclic) bond motifs is 2. The van der Waals surface area contributed by atoms with Crippen LogP contribution in [-0.2, 0) is 24.1 Å². The first-order valence-electron chi connectivity index (χ1n) is 14.1. The molecule has 3 aromatic rings. The number of amides is 1. The van der Waals surface area contributed by atoms with Crippen LogP contribution in [0.5, 0.6) is 23.0 Å². The highest BCUT2D eigenvalue weighted by Crippen LogP contribution is 2.39. The molecule has 212 valence electrons. The summed E-state index contributed by atoms with van der Waals surface area (Å²) >= 11 is 0. The topological polar surface area (TPSA) is 60.5 Å². The maximum atomic E-state index is 13.7. The standard InChI is InChI=1S/C33H40N2O5/c1-37-29-11-10-27(22-32(29)40-4)35(33(36)21-26-18-25-8-5-6-9-28(25)26)15-7-14-34-16-12-23-19-30(38-2)31(39-3)20-24(23)13-17-34/h5-6,8-11,19-20,22,26H,7,12-18,21H2,1-4H3. The third-order valence-corrected chi connectivity index (χ3v) is 8.32. The number of nitrogens with zero attached hydrogens (tertiary/aromatic N) is 2. The maximum absolute atomic E-state index is 13.7. The molecular weight excluding hydrogens is 504 g/mol. The van der Waals surface area contributed by atoms with Gasteiger partial charge in [0.25, 0.3) is 0 Å². The maximum Gasteiger partial charge on any atom is 0.227 e. The number of carbonyl (C=O) groups is 1. The van der Waals surface area contributed by atoms with E-state index in [1.165, 1.54) is 22.3 Å². The van der Waals surface area contributed by atoms with E-state index in [2.05, 4.69) is 41.3 Å². The number of rotatable bonds is 11. The van der Waals surface area contributed by atoms with Crippen LogP contribution in [0.1, 0.15) is 41.0 Å². The van der Waals surface area contributed by atoms with Gasteiger partial charge in [-0.2, -0.15) is 0 Å². The van der Waals surface area contributed by atoms with Gasteiger partial charge in [-0.3, -0.25) is 4.79 Å². The number of hydrogen-bond acceptors (Lipinski definition) is 6. The fourth-order valence-electron chi connectivity index (χ4n) is 6.03. The summed E-state index contributed by atoms with van der Waals surface area (Å²) in [6.45, 7) is 3.52. The second-order valence-corrected chi connectivity index (χ2v) is 10.6. The predicted octanol–water partition coefficient (Wildman–Crippen LogP) is 5.27. The summed E-state index contributed by atoms with van der Waals surface area (Å²) in [5, 5.41) is 0. The Balaban J connectivity index is 1.26. The number of carbonyl (C=O) groups excluding carboxylic acids is 1. The van der Waals surface area contributed by atoms with Crippen molar-refractivity contribution in [1.29, 1.82) is 0 Å². The van der Waals surface area contributed by atoms with Crippen LogP contribution < -0.4 is 23.8 Å². The summed E-state index contributed by atoms with van der Waals surface area (Å²) in [5.74, 6) is 3.28. The van der Waals surface area contributed by atoms with Gasteiger partial charge in [0.2, 0.25) is 5.91 Å². The Labute approximate surface area is 237 Å². The van der Waals surface area contributed by atoms with Crippen molar-refractivity contribution in [2.45, 2.75) is 38.0 Å². The Kier molecular flexibility index (Phi) is 8.80. The molecule has 0 saturated heterocycles. The third kappa shape index (κ3) is 5.89. The van der Waals surface area contributed by atoms with Crippen LogP contribution in [0.4, 0.5) is 5.69 Å². The van der Waals surface area contributed by atoms with Crippen molar-refractivity contribution in [3.05, 3.63) is 76.9 Å². The van der Waals surface area contributed by atoms with E-state index in [-0.39, 0.29) is 11.8 Å². The first kappa shape index (κ1) is 27.8. The molecule has 0 spiro atoms. The van der Waals surface area contributed by atoms with Crippen LogP contribution >= 0.6 is 0 Å². The van der Waals surface area contributed by atoms with Crippen molar-refractivity contribution in [2.24, 2.45) is 0 Å². The van der Waals surface area contributed by atoms with Crippen LogP contribution in [0.3, 0.4) is 0 Å². The minimum Gasteiger partial charge on any atom is -0.493 e. The lowest BCUT2D eigenvalue weighted by Crippen LogP contribution is -2.37. The Morgan fingerprint density at radius 1 is 0.800 bits per heavy atom. The molecular formula is C33H40N2O5. The highest BCUT2D eigenvalue weighted by atomic mass is 16.5. The van der Waals surface area contributed by atoms with E-state index < -0.39 is 0 Å². The Morgan fingerprint density at radius 3 is 2.05 bits per heavy atom. The number of methoxy groups -OCH3 is 4. The molecule has 1 aliphatic heterocycles. The molecule has 1 unspecified atom stereocenters. The van der Waals surface area contributed by atoms with E-state index >= 15 is 0 Å². The predicted molar refractivity (Wildman–Crippen MR) is 157 cm³/mol. The average Bonchev–Trinajstić information content (AvgIpc) is 3.18. The first-order chi connectivity index (χ1) is 19.5. The average molecular weight is 545 g/mol. The van der Waals surface area contributed by atoms with Crippen molar-refractivity contribution in [2.75, 3.05) is 59.5 Å². The molecule has 1 aliphatic carbocycles. The third-order valence-electron chi connectivity index (χ3n) is 8.32. The smallest absolute Gasteiger partial charge is 0.227 e. The van der Waals surface area contributed by atoms with Gasteiger partial charge >= 0.3 is 0 Å². The summed E-state index contributed by atoms with van der Waals surface area (Å²) in [6, 6.07) is 18.4. The molecule has 7 nitrogen and oxygen atoms in total. The molecule has 0 radical (unpaired) electrons. The SMILES string of the molecule is COc1ccc(N(CCCN2CCc3cc(OC)c(OC)cc3CC2)C(=O)CC2Cc3ccccc32)cc1OC. The molecule has 2 aliphatic rings. The zero-order valence-corrected chi connectivity index (χ0v) is 24.1. The highest BCUT2D eigenvalue weighted by molar-refractivity contribution is 5.94. The minimum atomic E-state index is 0.147. The van der Waals surface area contributed by atoms with Gasteiger partial charge in [-0.15, -0.1) is 0 Å². The van der Waals surface area contributed by atoms with Crippen molar-refractivity contribution >= 4 is 11.6 Å². The fraction of sp³-hybridized carbons (Fsp3) is 0.424. The molecule has 1 amide bonds. The first-order valence-corrected chi connectivity index (χ1v) is 14.1. The molecule has 0 N–H and O–H groups in total. The second-order valence-electron chi connectivity index (χ2n) is 10.6. The Morgan fingerprint density at radius 2 is 1.43 bits per heavy atom. The van der Waals surface area contributed by atoms with E-state index in [1.807, 2.05) is 23.1 Å². The quantitative estimate of drug-likeness (QED) is 0.328. The molecule has 3 aromatic carbocycles. The summed E-state index contributed by atoms with van der Waals surface area (Å²) in [4.78, 5) is 18.2. The molecule has 0 aromatic heterocycles. The van der Waals surface area contributed by atoms with Gasteiger partial charge < -0.3 is 28.7 Å². The number of hydrogen-bond donors (Lipinski definition) is 0. The van der Waals surface area contributed by atoms with Gasteiger partial charge in [0.15, 0.2) is 23.0 Å². The zero-order valence-electron chi connectivity index (χ0n) is 24.1. The zero-order chi connectivity index (χ0) is 28.1. The number of anilines is 1. The molecule has 0 fully saturated rings. The molecule has 40 heavy (non-hydrogen) atoms. The monoisotopic (exact) mass is 544 g/mol. The van der Waals surface area contributed by atoms with Gasteiger partial charge in [-0.1, -0.05) is 24.3 Å². The van der Waals surface area contributed by atoms with E-state index in [0.717, 1.165) is 62.5 Å². The number of ether oxygens (including phenoxy) is 4. The van der Waals surface area contributed by atoms with E-state index in [9.17, 15) is 4.79 Å². The molecule has 7 heteroatoms. The minimum absolute atomic E-state index is 0.147. The van der Waals surface area contributed by atoms with Crippen molar-refractivity contribution < 1.29 is 23.7 Å². The molecule has 5 rings (SSSR count). The molecule has 1 atom stereocenters. The second kappa shape index (κ2) is 12.6. The Bertz CT molecular complexity index is 1310. The molecule has 1 heterocycles. The van der Waals surface area contributed by atoms with Crippen LogP contribution in [0.2, 0.25) is 0 Å². The van der Waals surface area contributed by atoms with Gasteiger partial charge in [0.1, 0.15) is 0 Å². The van der Waals surface area contributed by atoms with Gasteiger partial charge in [-0.25, -0.2) is 0 Å². The lowest BCUT2D eigenvalue weighted by atomic mass is 9.75. The summed E-state index contributed by atoms with van der Waals surface area (Å²) in [6.07, 6.45) is 4.29. The number of benzene rings is 3. The summed E-state index contributed by atoms with van der Waals surface area (Å²) < 4.78 is 22.0. The summed E-state index contributed by atoms with van der Waals surface area (Å²) in [5.41, 5.74) is 6.15. The highest BCUT2D eigenvalue weighted by Gasteiger charge is 2.30. The van der Waals surface area contributed by atoms with E-state index in [1.54, 1.807) is 28.4 Å². The van der Waals surface area contributed by atoms with Crippen LogP contribution in [0.15, 0.2) is 54.6 Å². The van der Waals surface area contributed by atoms with E-state index in [0.29, 0.717) is 24.5 Å². The van der Waals surface area contributed by atoms with Gasteiger partial charge in [0, 0.05) is 37.8 Å². The fourth-order valence-corrected chi connectivity index (χ4v) is 6.03. The van der Waals surface area contributed by atoms with Crippen LogP contribution in [0, 0.1) is 0 Å². The van der Waals surface area contributed by atoms with Crippen molar-refractivity contribution in [1.82, 2.24) is 4.90 Å². The Hall–Kier alpha value is -3.71. The van der Waals surface area contributed by atoms with Gasteiger partial charge in [-0.05, 0) is 84.7 Å². The molecule has 0 saturated carbocycles. The van der Waals surface area contributed by atoms with Crippen molar-refractivity contribution in [3.63, 3.8) is 0 Å². The largest absolute Gasteiger partial charge is 0.493 e. The van der Waals surface area contributed by atoms with Crippen LogP contribution in [-0.4, -0.2) is 65.4 Å². The summed E-state index contributed by atoms with van der Waals surface area (Å²) in [7, 11) is 6.62. The lowest BCUT2D eigenvalue weighted by molar-refractivity contribution is -0.119. The van der Waals surface area contributed by atoms with Crippen LogP contribution in [0.25, 0.3) is 0 Å². The van der Waals surface area contributed by atoms with Gasteiger partial charge in [0.05, 0.1) is 28.4 Å². The van der Waals surface area contributed by atoms with Crippen molar-refractivity contribution in [3.8, 4) is 23.0 Å².